The molecule has 0 rings (SSSR count). The maximum absolute atomic E-state index is 10.2. The van der Waals surface area contributed by atoms with E-state index >= 15 is 0 Å². The Hall–Kier alpha value is -1.33. The average molecular weight is 148 g/mol. The fraction of sp³-hybridized carbons (Fsp3) is 0.750. The zero-order valence-corrected chi connectivity index (χ0v) is 5.49. The Morgan fingerprint density at radius 1 is 1.80 bits per heavy atom. The van der Waals surface area contributed by atoms with Gasteiger partial charge in [0.2, 0.25) is 0 Å². The Labute approximate surface area is 57.3 Å². The van der Waals surface area contributed by atoms with Crippen molar-refractivity contribution in [2.24, 2.45) is 0 Å². The predicted molar refractivity (Wildman–Crippen MR) is 31.8 cm³/mol. The molecular formula is C4H8N2O4. The first kappa shape index (κ1) is 8.67. The van der Waals surface area contributed by atoms with Crippen LogP contribution in [0.15, 0.2) is 0 Å². The molecule has 0 aromatic heterocycles. The maximum atomic E-state index is 10.2. The average Bonchev–Trinajstić information content (AvgIpc) is 1.82. The summed E-state index contributed by atoms with van der Waals surface area (Å²) in [7, 11) is 0. The van der Waals surface area contributed by atoms with E-state index in [1.807, 2.05) is 0 Å². The third-order valence-electron chi connectivity index (χ3n) is 0.620. The van der Waals surface area contributed by atoms with Crippen LogP contribution in [0.5, 0.6) is 0 Å². The zero-order valence-electron chi connectivity index (χ0n) is 5.49. The molecule has 1 amide bonds. The van der Waals surface area contributed by atoms with Crippen molar-refractivity contribution in [2.45, 2.75) is 13.3 Å². The number of hydrogen-bond acceptors (Lipinski definition) is 4. The van der Waals surface area contributed by atoms with E-state index in [-0.39, 0.29) is 6.61 Å². The lowest BCUT2D eigenvalue weighted by atomic mass is 10.5. The van der Waals surface area contributed by atoms with Gasteiger partial charge in [-0.2, -0.15) is 0 Å². The first-order valence-corrected chi connectivity index (χ1v) is 2.74. The lowest BCUT2D eigenvalue weighted by Gasteiger charge is -1.97. The van der Waals surface area contributed by atoms with Crippen molar-refractivity contribution in [3.8, 4) is 0 Å². The van der Waals surface area contributed by atoms with Gasteiger partial charge in [-0.05, 0) is 11.8 Å². The molecule has 0 atom stereocenters. The lowest BCUT2D eigenvalue weighted by Crippen LogP contribution is -2.29. The third-order valence-corrected chi connectivity index (χ3v) is 0.620. The van der Waals surface area contributed by atoms with Crippen LogP contribution in [0.3, 0.4) is 0 Å². The lowest BCUT2D eigenvalue weighted by molar-refractivity contribution is -0.530. The van der Waals surface area contributed by atoms with E-state index in [4.69, 9.17) is 0 Å². The largest absolute Gasteiger partial charge is 0.465 e. The van der Waals surface area contributed by atoms with Gasteiger partial charge in [-0.15, -0.1) is 0 Å². The van der Waals surface area contributed by atoms with Crippen molar-refractivity contribution < 1.29 is 14.6 Å². The highest BCUT2D eigenvalue weighted by atomic mass is 16.7. The number of amides is 1. The minimum atomic E-state index is -1.02. The van der Waals surface area contributed by atoms with Gasteiger partial charge in [0.15, 0.2) is 5.03 Å². The SMILES string of the molecule is CCCOC(=O)N[N+](=O)[O-]. The Bertz CT molecular complexity index is 135. The summed E-state index contributed by atoms with van der Waals surface area (Å²) < 4.78 is 4.31. The van der Waals surface area contributed by atoms with E-state index in [9.17, 15) is 14.9 Å². The van der Waals surface area contributed by atoms with Crippen LogP contribution in [0.4, 0.5) is 4.79 Å². The molecule has 0 spiro atoms. The molecule has 1 N–H and O–H groups in total. The van der Waals surface area contributed by atoms with E-state index in [0.29, 0.717) is 6.42 Å². The molecule has 0 radical (unpaired) electrons. The van der Waals surface area contributed by atoms with Gasteiger partial charge in [0.25, 0.3) is 0 Å². The predicted octanol–water partition coefficient (Wildman–Crippen LogP) is 0.314. The first-order chi connectivity index (χ1) is 4.66. The van der Waals surface area contributed by atoms with Gasteiger partial charge in [0.05, 0.1) is 6.61 Å². The third kappa shape index (κ3) is 4.82. The molecule has 6 heteroatoms. The standard InChI is InChI=1S/C4H8N2O4/c1-2-3-10-4(7)5-6(8)9/h2-3H2,1H3,(H,5,7). The molecule has 0 aromatic rings. The van der Waals surface area contributed by atoms with Gasteiger partial charge in [-0.3, -0.25) is 0 Å². The van der Waals surface area contributed by atoms with Gasteiger partial charge in [0.1, 0.15) is 0 Å². The molecule has 58 valence electrons. The summed E-state index contributed by atoms with van der Waals surface area (Å²) in [6.07, 6.45) is -0.377. The molecular weight excluding hydrogens is 140 g/mol. The second kappa shape index (κ2) is 4.54. The smallest absolute Gasteiger partial charge is 0.446 e. The highest BCUT2D eigenvalue weighted by Crippen LogP contribution is 1.80. The summed E-state index contributed by atoms with van der Waals surface area (Å²) in [5.41, 5.74) is 1.34. The second-order valence-corrected chi connectivity index (χ2v) is 1.50. The van der Waals surface area contributed by atoms with Crippen LogP contribution in [0.25, 0.3) is 0 Å². The van der Waals surface area contributed by atoms with Crippen molar-refractivity contribution in [3.05, 3.63) is 10.1 Å². The number of rotatable bonds is 3. The van der Waals surface area contributed by atoms with Crippen molar-refractivity contribution in [1.29, 1.82) is 0 Å². The van der Waals surface area contributed by atoms with Crippen LogP contribution in [0, 0.1) is 10.1 Å². The Morgan fingerprint density at radius 3 is 2.80 bits per heavy atom. The van der Waals surface area contributed by atoms with Crippen LogP contribution in [0.1, 0.15) is 13.3 Å². The molecule has 0 saturated carbocycles. The van der Waals surface area contributed by atoms with Gasteiger partial charge in [0, 0.05) is 0 Å². The van der Waals surface area contributed by atoms with Crippen LogP contribution in [-0.4, -0.2) is 17.7 Å². The Balaban J connectivity index is 3.35. The second-order valence-electron chi connectivity index (χ2n) is 1.50. The van der Waals surface area contributed by atoms with Crippen molar-refractivity contribution in [2.75, 3.05) is 6.61 Å². The summed E-state index contributed by atoms with van der Waals surface area (Å²) in [5, 5.41) is 8.61. The van der Waals surface area contributed by atoms with Crippen LogP contribution >= 0.6 is 0 Å². The normalized spacial score (nSPS) is 8.50. The monoisotopic (exact) mass is 148 g/mol. The number of nitrogens with one attached hydrogen (secondary N) is 1. The van der Waals surface area contributed by atoms with Crippen LogP contribution < -0.4 is 5.43 Å². The Morgan fingerprint density at radius 2 is 2.40 bits per heavy atom. The highest BCUT2D eigenvalue weighted by Gasteiger charge is 2.05. The summed E-state index contributed by atoms with van der Waals surface area (Å²) >= 11 is 0. The zero-order chi connectivity index (χ0) is 7.98. The summed E-state index contributed by atoms with van der Waals surface area (Å²) in [5.74, 6) is 0. The minimum absolute atomic E-state index is 0.194. The number of hydrogen-bond donors (Lipinski definition) is 1. The molecule has 0 aliphatic carbocycles. The van der Waals surface area contributed by atoms with Gasteiger partial charge >= 0.3 is 6.09 Å². The van der Waals surface area contributed by atoms with Gasteiger partial charge in [-0.25, -0.2) is 14.9 Å². The summed E-state index contributed by atoms with van der Waals surface area (Å²) in [4.78, 5) is 19.8. The van der Waals surface area contributed by atoms with Crippen molar-refractivity contribution in [3.63, 3.8) is 0 Å². The number of nitro groups is 1. The number of ether oxygens (including phenoxy) is 1. The topological polar surface area (TPSA) is 81.5 Å². The number of hydrazine groups is 1. The summed E-state index contributed by atoms with van der Waals surface area (Å²) in [6.45, 7) is 1.99. The molecule has 6 nitrogen and oxygen atoms in total. The fourth-order valence-electron chi connectivity index (χ4n) is 0.302. The van der Waals surface area contributed by atoms with Gasteiger partial charge in [-0.1, -0.05) is 6.92 Å². The highest BCUT2D eigenvalue weighted by molar-refractivity contribution is 5.65. The quantitative estimate of drug-likeness (QED) is 0.461. The Kier molecular flexibility index (Phi) is 3.94. The first-order valence-electron chi connectivity index (χ1n) is 2.74. The molecule has 0 fully saturated rings. The minimum Gasteiger partial charge on any atom is -0.446 e. The molecule has 0 saturated heterocycles. The van der Waals surface area contributed by atoms with E-state index in [2.05, 4.69) is 4.74 Å². The molecule has 0 bridgehead atoms. The van der Waals surface area contributed by atoms with Crippen molar-refractivity contribution in [1.82, 2.24) is 5.43 Å². The molecule has 0 unspecified atom stereocenters. The molecule has 0 aromatic carbocycles. The van der Waals surface area contributed by atoms with E-state index in [0.717, 1.165) is 0 Å². The van der Waals surface area contributed by atoms with Crippen LogP contribution in [-0.2, 0) is 4.74 Å². The van der Waals surface area contributed by atoms with Gasteiger partial charge < -0.3 is 4.74 Å². The summed E-state index contributed by atoms with van der Waals surface area (Å²) in [6, 6.07) is 0. The molecule has 10 heavy (non-hydrogen) atoms. The van der Waals surface area contributed by atoms with E-state index in [1.54, 1.807) is 6.92 Å². The number of nitrogens with zero attached hydrogens (tertiary/aromatic N) is 1. The van der Waals surface area contributed by atoms with Crippen LogP contribution in [0.2, 0.25) is 0 Å². The molecule has 0 aliphatic heterocycles. The maximum Gasteiger partial charge on any atom is 0.465 e. The van der Waals surface area contributed by atoms with E-state index < -0.39 is 11.1 Å². The van der Waals surface area contributed by atoms with Crippen molar-refractivity contribution >= 4 is 6.09 Å². The number of carbonyl (C=O) groups excluding carboxylic acids is 1. The molecule has 0 heterocycles. The van der Waals surface area contributed by atoms with E-state index in [1.165, 1.54) is 5.43 Å². The fourth-order valence-corrected chi connectivity index (χ4v) is 0.302. The number of carbonyl (C=O) groups is 1. The molecule has 0 aliphatic rings.